The van der Waals surface area contributed by atoms with E-state index in [9.17, 15) is 4.79 Å². The molecule has 1 amide bonds. The summed E-state index contributed by atoms with van der Waals surface area (Å²) >= 11 is 1.47. The second-order valence-corrected chi connectivity index (χ2v) is 7.73. The zero-order valence-corrected chi connectivity index (χ0v) is 16.0. The van der Waals surface area contributed by atoms with Crippen LogP contribution in [0.4, 0.5) is 0 Å². The topological polar surface area (TPSA) is 46.1 Å². The second-order valence-electron chi connectivity index (χ2n) is 6.74. The zero-order chi connectivity index (χ0) is 17.8. The van der Waals surface area contributed by atoms with Gasteiger partial charge in [0.25, 0.3) is 0 Å². The van der Waals surface area contributed by atoms with Gasteiger partial charge < -0.3 is 4.90 Å². The van der Waals surface area contributed by atoms with Crippen molar-refractivity contribution in [3.05, 3.63) is 41.0 Å². The summed E-state index contributed by atoms with van der Waals surface area (Å²) < 4.78 is 0. The smallest absolute Gasteiger partial charge is 0.232 e. The third kappa shape index (κ3) is 4.40. The summed E-state index contributed by atoms with van der Waals surface area (Å²) in [6, 6.07) is 8.32. The molecule has 0 bridgehead atoms. The molecule has 1 aliphatic rings. The molecule has 2 heterocycles. The number of piperidine rings is 1. The quantitative estimate of drug-likeness (QED) is 0.772. The molecule has 0 aliphatic carbocycles. The highest BCUT2D eigenvalue weighted by Crippen LogP contribution is 2.26. The third-order valence-corrected chi connectivity index (χ3v) is 5.71. The SMILES string of the molecule is Cc1cc(C)c(-c2ccc(SCC(=O)N3CCCCC3)nn2)cc1C. The Morgan fingerprint density at radius 1 is 1.00 bits per heavy atom. The summed E-state index contributed by atoms with van der Waals surface area (Å²) in [5.41, 5.74) is 5.76. The van der Waals surface area contributed by atoms with Gasteiger partial charge in [-0.05, 0) is 74.9 Å². The summed E-state index contributed by atoms with van der Waals surface area (Å²) in [6.45, 7) is 8.13. The van der Waals surface area contributed by atoms with Gasteiger partial charge in [0.1, 0.15) is 5.03 Å². The molecule has 1 aliphatic heterocycles. The second kappa shape index (κ2) is 8.00. The van der Waals surface area contributed by atoms with Crippen molar-refractivity contribution in [1.82, 2.24) is 15.1 Å². The van der Waals surface area contributed by atoms with E-state index in [0.717, 1.165) is 42.2 Å². The Bertz CT molecular complexity index is 752. The molecule has 1 aromatic carbocycles. The van der Waals surface area contributed by atoms with Crippen LogP contribution in [0.1, 0.15) is 36.0 Å². The number of hydrogen-bond acceptors (Lipinski definition) is 4. The number of nitrogens with zero attached hydrogens (tertiary/aromatic N) is 3. The van der Waals surface area contributed by atoms with E-state index < -0.39 is 0 Å². The normalized spacial score (nSPS) is 14.6. The van der Waals surface area contributed by atoms with Crippen molar-refractivity contribution < 1.29 is 4.79 Å². The van der Waals surface area contributed by atoms with Crippen molar-refractivity contribution >= 4 is 17.7 Å². The Morgan fingerprint density at radius 3 is 2.40 bits per heavy atom. The highest BCUT2D eigenvalue weighted by atomic mass is 32.2. The minimum absolute atomic E-state index is 0.209. The Labute approximate surface area is 154 Å². The maximum Gasteiger partial charge on any atom is 0.232 e. The molecule has 1 aromatic heterocycles. The summed E-state index contributed by atoms with van der Waals surface area (Å²) in [4.78, 5) is 14.2. The van der Waals surface area contributed by atoms with E-state index in [4.69, 9.17) is 0 Å². The van der Waals surface area contributed by atoms with Gasteiger partial charge in [-0.25, -0.2) is 0 Å². The van der Waals surface area contributed by atoms with Crippen LogP contribution >= 0.6 is 11.8 Å². The van der Waals surface area contributed by atoms with E-state index in [1.165, 1.54) is 34.9 Å². The number of amides is 1. The number of rotatable bonds is 4. The van der Waals surface area contributed by atoms with Crippen LogP contribution in [0, 0.1) is 20.8 Å². The number of benzene rings is 1. The molecular weight excluding hydrogens is 330 g/mol. The average Bonchev–Trinajstić information content (AvgIpc) is 2.64. The predicted octanol–water partition coefficient (Wildman–Crippen LogP) is 4.17. The van der Waals surface area contributed by atoms with Crippen molar-refractivity contribution in [1.29, 1.82) is 0 Å². The summed E-state index contributed by atoms with van der Waals surface area (Å²) in [5, 5.41) is 9.48. The van der Waals surface area contributed by atoms with Crippen molar-refractivity contribution in [3.8, 4) is 11.3 Å². The Balaban J connectivity index is 1.64. The first-order chi connectivity index (χ1) is 12.0. The first-order valence-electron chi connectivity index (χ1n) is 8.87. The molecule has 2 aromatic rings. The first kappa shape index (κ1) is 17.9. The Morgan fingerprint density at radius 2 is 1.72 bits per heavy atom. The van der Waals surface area contributed by atoms with E-state index in [-0.39, 0.29) is 5.91 Å². The zero-order valence-electron chi connectivity index (χ0n) is 15.2. The lowest BCUT2D eigenvalue weighted by atomic mass is 9.99. The molecular formula is C20H25N3OS. The molecule has 0 atom stereocenters. The van der Waals surface area contributed by atoms with Crippen LogP contribution in [-0.2, 0) is 4.79 Å². The molecule has 1 fully saturated rings. The lowest BCUT2D eigenvalue weighted by molar-refractivity contribution is -0.129. The molecule has 0 unspecified atom stereocenters. The molecule has 5 heteroatoms. The van der Waals surface area contributed by atoms with E-state index >= 15 is 0 Å². The maximum atomic E-state index is 12.2. The highest BCUT2D eigenvalue weighted by Gasteiger charge is 2.16. The van der Waals surface area contributed by atoms with Gasteiger partial charge in [-0.1, -0.05) is 17.8 Å². The average molecular weight is 356 g/mol. The van der Waals surface area contributed by atoms with Crippen LogP contribution in [0.25, 0.3) is 11.3 Å². The minimum Gasteiger partial charge on any atom is -0.342 e. The predicted molar refractivity (Wildman–Crippen MR) is 103 cm³/mol. The summed E-state index contributed by atoms with van der Waals surface area (Å²) in [6.07, 6.45) is 3.49. The molecule has 1 saturated heterocycles. The number of aryl methyl sites for hydroxylation is 3. The standard InChI is InChI=1S/C20H25N3OS/c1-14-11-16(3)17(12-15(14)2)18-7-8-19(22-21-18)25-13-20(24)23-9-5-4-6-10-23/h7-8,11-12H,4-6,9-10,13H2,1-3H3. The molecule has 25 heavy (non-hydrogen) atoms. The largest absolute Gasteiger partial charge is 0.342 e. The van der Waals surface area contributed by atoms with Crippen LogP contribution in [0.3, 0.4) is 0 Å². The number of aromatic nitrogens is 2. The van der Waals surface area contributed by atoms with Crippen molar-refractivity contribution in [2.75, 3.05) is 18.8 Å². The molecule has 3 rings (SSSR count). The Kier molecular flexibility index (Phi) is 5.74. The summed E-state index contributed by atoms with van der Waals surface area (Å²) in [5.74, 6) is 0.650. The van der Waals surface area contributed by atoms with Gasteiger partial charge in [0, 0.05) is 18.7 Å². The fourth-order valence-electron chi connectivity index (χ4n) is 3.15. The number of carbonyl (C=O) groups excluding carboxylic acids is 1. The lowest BCUT2D eigenvalue weighted by Gasteiger charge is -2.26. The van der Waals surface area contributed by atoms with Gasteiger partial charge in [0.2, 0.25) is 5.91 Å². The molecule has 0 N–H and O–H groups in total. The van der Waals surface area contributed by atoms with Crippen LogP contribution in [0.5, 0.6) is 0 Å². The minimum atomic E-state index is 0.209. The van der Waals surface area contributed by atoms with Crippen LogP contribution < -0.4 is 0 Å². The number of carbonyl (C=O) groups is 1. The molecule has 0 spiro atoms. The Hall–Kier alpha value is -1.88. The van der Waals surface area contributed by atoms with Gasteiger partial charge in [-0.3, -0.25) is 4.79 Å². The van der Waals surface area contributed by atoms with Crippen LogP contribution in [0.2, 0.25) is 0 Å². The van der Waals surface area contributed by atoms with Crippen molar-refractivity contribution in [2.45, 2.75) is 45.1 Å². The first-order valence-corrected chi connectivity index (χ1v) is 9.85. The van der Waals surface area contributed by atoms with Gasteiger partial charge in [0.15, 0.2) is 0 Å². The van der Waals surface area contributed by atoms with Crippen molar-refractivity contribution in [3.63, 3.8) is 0 Å². The lowest BCUT2D eigenvalue weighted by Crippen LogP contribution is -2.36. The van der Waals surface area contributed by atoms with Crippen LogP contribution in [0.15, 0.2) is 29.3 Å². The molecule has 4 nitrogen and oxygen atoms in total. The van der Waals surface area contributed by atoms with Crippen LogP contribution in [-0.4, -0.2) is 39.8 Å². The van der Waals surface area contributed by atoms with Crippen molar-refractivity contribution in [2.24, 2.45) is 0 Å². The fourth-order valence-corrected chi connectivity index (χ4v) is 3.86. The number of hydrogen-bond donors (Lipinski definition) is 0. The third-order valence-electron chi connectivity index (χ3n) is 4.81. The molecule has 0 saturated carbocycles. The molecule has 0 radical (unpaired) electrons. The van der Waals surface area contributed by atoms with E-state index in [2.05, 4.69) is 43.1 Å². The van der Waals surface area contributed by atoms with Gasteiger partial charge in [0.05, 0.1) is 11.4 Å². The highest BCUT2D eigenvalue weighted by molar-refractivity contribution is 7.99. The number of likely N-dealkylation sites (tertiary alicyclic amines) is 1. The monoisotopic (exact) mass is 355 g/mol. The molecule has 132 valence electrons. The number of thioether (sulfide) groups is 1. The van der Waals surface area contributed by atoms with Gasteiger partial charge in [-0.15, -0.1) is 10.2 Å². The maximum absolute atomic E-state index is 12.2. The van der Waals surface area contributed by atoms with E-state index in [0.29, 0.717) is 5.75 Å². The van der Waals surface area contributed by atoms with E-state index in [1.54, 1.807) is 0 Å². The summed E-state index contributed by atoms with van der Waals surface area (Å²) in [7, 11) is 0. The van der Waals surface area contributed by atoms with Gasteiger partial charge >= 0.3 is 0 Å². The fraction of sp³-hybridized carbons (Fsp3) is 0.450. The van der Waals surface area contributed by atoms with E-state index in [1.807, 2.05) is 17.0 Å². The van der Waals surface area contributed by atoms with Gasteiger partial charge in [-0.2, -0.15) is 0 Å².